The van der Waals surface area contributed by atoms with Gasteiger partial charge in [-0.1, -0.05) is 30.3 Å². The summed E-state index contributed by atoms with van der Waals surface area (Å²) in [5, 5.41) is 0. The zero-order chi connectivity index (χ0) is 23.0. The van der Waals surface area contributed by atoms with Crippen molar-refractivity contribution in [3.8, 4) is 5.88 Å². The summed E-state index contributed by atoms with van der Waals surface area (Å²) in [5.41, 5.74) is 1.92. The second-order valence-corrected chi connectivity index (χ2v) is 9.35. The number of rotatable bonds is 7. The van der Waals surface area contributed by atoms with Gasteiger partial charge >= 0.3 is 0 Å². The van der Waals surface area contributed by atoms with Gasteiger partial charge in [-0.3, -0.25) is 9.59 Å². The predicted octanol–water partition coefficient (Wildman–Crippen LogP) is 4.20. The molecule has 1 aromatic heterocycles. The number of likely N-dealkylation sites (tertiary alicyclic amines) is 2. The molecule has 2 aliphatic heterocycles. The molecule has 0 N–H and O–H groups in total. The Labute approximate surface area is 196 Å². The first-order valence-corrected chi connectivity index (χ1v) is 12.2. The third kappa shape index (κ3) is 6.12. The fourth-order valence-electron chi connectivity index (χ4n) is 5.13. The van der Waals surface area contributed by atoms with Crippen molar-refractivity contribution in [2.75, 3.05) is 33.3 Å². The summed E-state index contributed by atoms with van der Waals surface area (Å²) < 4.78 is 5.24. The number of hydrogen-bond donors (Lipinski definition) is 0. The molecule has 2 amide bonds. The summed E-state index contributed by atoms with van der Waals surface area (Å²) in [6, 6.07) is 14.2. The van der Waals surface area contributed by atoms with Crippen LogP contribution in [0, 0.1) is 11.8 Å². The Morgan fingerprint density at radius 3 is 2.27 bits per heavy atom. The predicted molar refractivity (Wildman–Crippen MR) is 128 cm³/mol. The summed E-state index contributed by atoms with van der Waals surface area (Å²) in [4.78, 5) is 33.7. The van der Waals surface area contributed by atoms with Crippen LogP contribution in [0.5, 0.6) is 5.88 Å². The molecule has 0 unspecified atom stereocenters. The van der Waals surface area contributed by atoms with Crippen molar-refractivity contribution in [1.29, 1.82) is 0 Å². The Morgan fingerprint density at radius 1 is 0.909 bits per heavy atom. The van der Waals surface area contributed by atoms with Crippen LogP contribution in [0.15, 0.2) is 48.7 Å². The van der Waals surface area contributed by atoms with Crippen molar-refractivity contribution < 1.29 is 14.3 Å². The SMILES string of the molecule is COc1ncccc1C(=O)N1CCC(CCC(=O)N2CCC(Cc3ccccc3)CC2)CC1. The van der Waals surface area contributed by atoms with Crippen LogP contribution in [0.3, 0.4) is 0 Å². The van der Waals surface area contributed by atoms with Crippen molar-refractivity contribution in [3.05, 3.63) is 59.8 Å². The molecule has 2 saturated heterocycles. The van der Waals surface area contributed by atoms with E-state index in [1.165, 1.54) is 12.7 Å². The van der Waals surface area contributed by atoms with Crippen molar-refractivity contribution >= 4 is 11.8 Å². The van der Waals surface area contributed by atoms with Gasteiger partial charge in [0.2, 0.25) is 11.8 Å². The molecule has 2 fully saturated rings. The van der Waals surface area contributed by atoms with Gasteiger partial charge in [0.15, 0.2) is 0 Å². The number of hydrogen-bond acceptors (Lipinski definition) is 4. The second-order valence-electron chi connectivity index (χ2n) is 9.35. The zero-order valence-electron chi connectivity index (χ0n) is 19.6. The highest BCUT2D eigenvalue weighted by atomic mass is 16.5. The summed E-state index contributed by atoms with van der Waals surface area (Å²) in [6.07, 6.45) is 8.37. The minimum atomic E-state index is -0.0205. The van der Waals surface area contributed by atoms with Gasteiger partial charge in [-0.05, 0) is 68.1 Å². The molecular weight excluding hydrogens is 414 g/mol. The lowest BCUT2D eigenvalue weighted by molar-refractivity contribution is -0.133. The third-order valence-electron chi connectivity index (χ3n) is 7.20. The van der Waals surface area contributed by atoms with Gasteiger partial charge in [-0.15, -0.1) is 0 Å². The Kier molecular flexibility index (Phi) is 7.97. The molecule has 6 nitrogen and oxygen atoms in total. The molecule has 1 aromatic carbocycles. The monoisotopic (exact) mass is 449 g/mol. The normalized spacial score (nSPS) is 17.7. The van der Waals surface area contributed by atoms with E-state index in [0.29, 0.717) is 35.6 Å². The van der Waals surface area contributed by atoms with Crippen molar-refractivity contribution in [3.63, 3.8) is 0 Å². The number of piperidine rings is 2. The van der Waals surface area contributed by atoms with Gasteiger partial charge < -0.3 is 14.5 Å². The summed E-state index contributed by atoms with van der Waals surface area (Å²) in [7, 11) is 1.54. The highest BCUT2D eigenvalue weighted by Crippen LogP contribution is 2.26. The number of methoxy groups -OCH3 is 1. The number of carbonyl (C=O) groups excluding carboxylic acids is 2. The van der Waals surface area contributed by atoms with Crippen LogP contribution in [0.1, 0.15) is 54.4 Å². The molecule has 0 saturated carbocycles. The van der Waals surface area contributed by atoms with E-state index in [4.69, 9.17) is 4.74 Å². The third-order valence-corrected chi connectivity index (χ3v) is 7.20. The molecule has 2 aliphatic rings. The standard InChI is InChI=1S/C27H35N3O3/c1-33-26-24(8-5-15-28-26)27(32)30-18-11-21(12-19-30)9-10-25(31)29-16-13-23(14-17-29)20-22-6-3-2-4-7-22/h2-8,15,21,23H,9-14,16-20H2,1H3. The molecule has 0 spiro atoms. The maximum absolute atomic E-state index is 12.8. The van der Waals surface area contributed by atoms with Gasteiger partial charge in [-0.25, -0.2) is 4.98 Å². The fraction of sp³-hybridized carbons (Fsp3) is 0.519. The zero-order valence-corrected chi connectivity index (χ0v) is 19.6. The molecule has 0 bridgehead atoms. The molecule has 33 heavy (non-hydrogen) atoms. The summed E-state index contributed by atoms with van der Waals surface area (Å²) in [5.74, 6) is 1.84. The second kappa shape index (κ2) is 11.3. The average molecular weight is 450 g/mol. The molecule has 176 valence electrons. The van der Waals surface area contributed by atoms with Crippen LogP contribution < -0.4 is 4.74 Å². The van der Waals surface area contributed by atoms with E-state index in [0.717, 1.165) is 64.7 Å². The molecular formula is C27H35N3O3. The van der Waals surface area contributed by atoms with Crippen LogP contribution in [-0.4, -0.2) is 59.9 Å². The number of nitrogens with zero attached hydrogens (tertiary/aromatic N) is 3. The average Bonchev–Trinajstić information content (AvgIpc) is 2.88. The van der Waals surface area contributed by atoms with Crippen molar-refractivity contribution in [2.45, 2.75) is 44.9 Å². The van der Waals surface area contributed by atoms with Gasteiger partial charge in [0.05, 0.1) is 7.11 Å². The maximum atomic E-state index is 12.8. The maximum Gasteiger partial charge on any atom is 0.259 e. The smallest absolute Gasteiger partial charge is 0.259 e. The van der Waals surface area contributed by atoms with Crippen LogP contribution >= 0.6 is 0 Å². The molecule has 4 rings (SSSR count). The van der Waals surface area contributed by atoms with E-state index >= 15 is 0 Å². The lowest BCUT2D eigenvalue weighted by Crippen LogP contribution is -2.40. The molecule has 0 radical (unpaired) electrons. The largest absolute Gasteiger partial charge is 0.480 e. The van der Waals surface area contributed by atoms with Crippen LogP contribution in [0.2, 0.25) is 0 Å². The number of benzene rings is 1. The Balaban J connectivity index is 1.16. The summed E-state index contributed by atoms with van der Waals surface area (Å²) in [6.45, 7) is 3.22. The number of ether oxygens (including phenoxy) is 1. The first kappa shape index (κ1) is 23.3. The van der Waals surface area contributed by atoms with Crippen LogP contribution in [-0.2, 0) is 11.2 Å². The quantitative estimate of drug-likeness (QED) is 0.635. The van der Waals surface area contributed by atoms with Crippen LogP contribution in [0.25, 0.3) is 0 Å². The van der Waals surface area contributed by atoms with E-state index in [2.05, 4.69) is 40.2 Å². The Morgan fingerprint density at radius 2 is 1.58 bits per heavy atom. The topological polar surface area (TPSA) is 62.7 Å². The van der Waals surface area contributed by atoms with Gasteiger partial charge in [0.25, 0.3) is 5.91 Å². The number of amides is 2. The minimum absolute atomic E-state index is 0.0205. The molecule has 0 atom stereocenters. The number of aromatic nitrogens is 1. The lowest BCUT2D eigenvalue weighted by Gasteiger charge is -2.34. The summed E-state index contributed by atoms with van der Waals surface area (Å²) >= 11 is 0. The van der Waals surface area contributed by atoms with E-state index < -0.39 is 0 Å². The highest BCUT2D eigenvalue weighted by molar-refractivity contribution is 5.96. The molecule has 6 heteroatoms. The van der Waals surface area contributed by atoms with E-state index in [1.807, 2.05) is 4.90 Å². The lowest BCUT2D eigenvalue weighted by atomic mass is 9.89. The first-order chi connectivity index (χ1) is 16.1. The van der Waals surface area contributed by atoms with Crippen molar-refractivity contribution in [2.24, 2.45) is 11.8 Å². The van der Waals surface area contributed by atoms with Gasteiger partial charge in [0.1, 0.15) is 5.56 Å². The molecule has 2 aromatic rings. The van der Waals surface area contributed by atoms with Crippen LogP contribution in [0.4, 0.5) is 0 Å². The van der Waals surface area contributed by atoms with Crippen molar-refractivity contribution in [1.82, 2.24) is 14.8 Å². The van der Waals surface area contributed by atoms with Gasteiger partial charge in [-0.2, -0.15) is 0 Å². The Bertz CT molecular complexity index is 917. The Hall–Kier alpha value is -2.89. The number of carbonyl (C=O) groups is 2. The van der Waals surface area contributed by atoms with E-state index in [9.17, 15) is 9.59 Å². The number of pyridine rings is 1. The first-order valence-electron chi connectivity index (χ1n) is 12.2. The molecule has 0 aliphatic carbocycles. The van der Waals surface area contributed by atoms with Gasteiger partial charge in [0, 0.05) is 38.8 Å². The van der Waals surface area contributed by atoms with E-state index in [-0.39, 0.29) is 5.91 Å². The minimum Gasteiger partial charge on any atom is -0.480 e. The van der Waals surface area contributed by atoms with E-state index in [1.54, 1.807) is 18.3 Å². The highest BCUT2D eigenvalue weighted by Gasteiger charge is 2.27. The fourth-order valence-corrected chi connectivity index (χ4v) is 5.13. The molecule has 3 heterocycles.